The molecule has 0 N–H and O–H groups in total. The van der Waals surface area contributed by atoms with E-state index >= 15 is 0 Å². The smallest absolute Gasteiger partial charge is 0.303 e. The Morgan fingerprint density at radius 2 is 0.981 bits per heavy atom. The Morgan fingerprint density at radius 3 is 1.37 bits per heavy atom. The Kier molecular flexibility index (Phi) is 13.0. The number of esters is 2. The number of terminal acetylenes is 4. The molecule has 0 aromatic heterocycles. The molecule has 2 atom stereocenters. The highest BCUT2D eigenvalue weighted by molar-refractivity contribution is 5.90. The minimum absolute atomic E-state index is 0.0718. The van der Waals surface area contributed by atoms with Crippen LogP contribution in [-0.2, 0) is 31.9 Å². The van der Waals surface area contributed by atoms with Gasteiger partial charge >= 0.3 is 11.9 Å². The molecule has 0 radical (unpaired) electrons. The number of hydrogen-bond donors (Lipinski definition) is 0. The molecule has 0 spiro atoms. The molecule has 0 unspecified atom stereocenters. The van der Waals surface area contributed by atoms with Crippen LogP contribution >= 0.6 is 0 Å². The summed E-state index contributed by atoms with van der Waals surface area (Å²) in [5.41, 5.74) is 5.85. The summed E-state index contributed by atoms with van der Waals surface area (Å²) in [7, 11) is 0. The second-order valence-corrected chi connectivity index (χ2v) is 12.6. The van der Waals surface area contributed by atoms with Crippen molar-refractivity contribution in [1.82, 2.24) is 0 Å². The highest BCUT2D eigenvalue weighted by Crippen LogP contribution is 2.34. The number of benzene rings is 5. The molecule has 0 fully saturated rings. The molecule has 5 aromatic carbocycles. The molecular weight excluding hydrogens is 665 g/mol. The van der Waals surface area contributed by atoms with Gasteiger partial charge in [0.15, 0.2) is 0 Å². The molecule has 0 heterocycles. The summed E-state index contributed by atoms with van der Waals surface area (Å²) in [5.74, 6) is 23.4. The lowest BCUT2D eigenvalue weighted by atomic mass is 9.89. The van der Waals surface area contributed by atoms with Crippen LogP contribution in [0.1, 0.15) is 96.2 Å². The summed E-state index contributed by atoms with van der Waals surface area (Å²) in [5, 5.41) is 4.04. The van der Waals surface area contributed by atoms with E-state index in [-0.39, 0.29) is 12.8 Å². The number of fused-ring (bicyclic) bond motifs is 2. The predicted molar refractivity (Wildman–Crippen MR) is 217 cm³/mol. The average Bonchev–Trinajstić information content (AvgIpc) is 3.17. The first kappa shape index (κ1) is 38.2. The van der Waals surface area contributed by atoms with Crippen LogP contribution in [0.4, 0.5) is 0 Å². The summed E-state index contributed by atoms with van der Waals surface area (Å²) in [6.45, 7) is 2.65. The van der Waals surface area contributed by atoms with Gasteiger partial charge in [0.1, 0.15) is 12.2 Å². The SMILES string of the molecule is C#CCCc1ccc2ccccc2c1C#Cc1cc(C#Cc2c(CCC#C)ccc3ccccc23)c([C@@H](CC#C)OC(C)=O)cc1[C@@H](CC#C)OC(C)=O. The van der Waals surface area contributed by atoms with Crippen LogP contribution in [0.2, 0.25) is 0 Å². The molecule has 0 saturated carbocycles. The quantitative estimate of drug-likeness (QED) is 0.108. The predicted octanol–water partition coefficient (Wildman–Crippen LogP) is 9.18. The van der Waals surface area contributed by atoms with E-state index in [1.807, 2.05) is 54.6 Å². The fraction of sp³-hybridized carbons (Fsp3) is 0.200. The zero-order valence-electron chi connectivity index (χ0n) is 30.4. The Hall–Kier alpha value is -7.08. The second-order valence-electron chi connectivity index (χ2n) is 12.6. The first-order chi connectivity index (χ1) is 26.3. The molecule has 0 aliphatic rings. The van der Waals surface area contributed by atoms with E-state index in [0.29, 0.717) is 47.9 Å². The van der Waals surface area contributed by atoms with Gasteiger partial charge in [0.2, 0.25) is 0 Å². The van der Waals surface area contributed by atoms with Crippen LogP contribution in [0.15, 0.2) is 84.9 Å². The van der Waals surface area contributed by atoms with Crippen molar-refractivity contribution in [2.24, 2.45) is 0 Å². The van der Waals surface area contributed by atoms with E-state index < -0.39 is 24.1 Å². The van der Waals surface area contributed by atoms with Gasteiger partial charge in [-0.15, -0.1) is 49.4 Å². The van der Waals surface area contributed by atoms with Gasteiger partial charge < -0.3 is 9.47 Å². The van der Waals surface area contributed by atoms with Gasteiger partial charge in [-0.05, 0) is 57.6 Å². The van der Waals surface area contributed by atoms with Crippen LogP contribution in [0.5, 0.6) is 0 Å². The Balaban J connectivity index is 1.85. The number of aryl methyl sites for hydroxylation is 2. The zero-order chi connectivity index (χ0) is 38.5. The monoisotopic (exact) mass is 702 g/mol. The molecule has 0 saturated heterocycles. The summed E-state index contributed by atoms with van der Waals surface area (Å²) in [6, 6.07) is 27.9. The summed E-state index contributed by atoms with van der Waals surface area (Å²) in [6.07, 6.45) is 23.7. The van der Waals surface area contributed by atoms with Gasteiger partial charge in [-0.3, -0.25) is 9.59 Å². The molecule has 262 valence electrons. The van der Waals surface area contributed by atoms with E-state index in [4.69, 9.17) is 35.2 Å². The largest absolute Gasteiger partial charge is 0.457 e. The van der Waals surface area contributed by atoms with Crippen LogP contribution in [0, 0.1) is 73.1 Å². The minimum atomic E-state index is -0.858. The van der Waals surface area contributed by atoms with Crippen LogP contribution in [0.25, 0.3) is 21.5 Å². The van der Waals surface area contributed by atoms with Crippen molar-refractivity contribution in [3.05, 3.63) is 129 Å². The highest BCUT2D eigenvalue weighted by atomic mass is 16.5. The van der Waals surface area contributed by atoms with Crippen LogP contribution in [-0.4, -0.2) is 11.9 Å². The maximum Gasteiger partial charge on any atom is 0.303 e. The molecule has 5 rings (SSSR count). The first-order valence-electron chi connectivity index (χ1n) is 17.6. The molecule has 54 heavy (non-hydrogen) atoms. The van der Waals surface area contributed by atoms with Crippen molar-refractivity contribution in [3.63, 3.8) is 0 Å². The van der Waals surface area contributed by atoms with Gasteiger partial charge in [0.25, 0.3) is 0 Å². The third-order valence-electron chi connectivity index (χ3n) is 8.89. The third kappa shape index (κ3) is 9.22. The molecule has 0 aliphatic carbocycles. The number of hydrogen-bond acceptors (Lipinski definition) is 4. The Bertz CT molecular complexity index is 2360. The molecule has 0 aliphatic heterocycles. The third-order valence-corrected chi connectivity index (χ3v) is 8.89. The molecule has 5 aromatic rings. The van der Waals surface area contributed by atoms with E-state index in [1.54, 1.807) is 6.07 Å². The normalized spacial score (nSPS) is 11.2. The second kappa shape index (κ2) is 18.4. The lowest BCUT2D eigenvalue weighted by molar-refractivity contribution is -0.147. The van der Waals surface area contributed by atoms with Gasteiger partial charge in [-0.2, -0.15) is 0 Å². The molecule has 0 bridgehead atoms. The van der Waals surface area contributed by atoms with Gasteiger partial charge in [-0.25, -0.2) is 0 Å². The van der Waals surface area contributed by atoms with Crippen LogP contribution in [0.3, 0.4) is 0 Å². The van der Waals surface area contributed by atoms with Gasteiger partial charge in [0, 0.05) is 60.1 Å². The van der Waals surface area contributed by atoms with Crippen molar-refractivity contribution in [1.29, 1.82) is 0 Å². The number of ether oxygens (including phenoxy) is 2. The molecule has 4 heteroatoms. The number of carbonyl (C=O) groups excluding carboxylic acids is 2. The summed E-state index contributed by atoms with van der Waals surface area (Å²) in [4.78, 5) is 24.8. The fourth-order valence-electron chi connectivity index (χ4n) is 6.45. The number of carbonyl (C=O) groups is 2. The van der Waals surface area contributed by atoms with E-state index in [2.05, 4.69) is 71.6 Å². The van der Waals surface area contributed by atoms with Gasteiger partial charge in [-0.1, -0.05) is 96.5 Å². The fourth-order valence-corrected chi connectivity index (χ4v) is 6.45. The zero-order valence-corrected chi connectivity index (χ0v) is 30.4. The van der Waals surface area contributed by atoms with Crippen molar-refractivity contribution < 1.29 is 19.1 Å². The lowest BCUT2D eigenvalue weighted by Gasteiger charge is -2.22. The standard InChI is InChI=1S/C50H38O4/c1-7-11-19-37-25-27-39-21-13-15-23-43(39)45(37)31-29-41-33-42(30-32-46-38(20-12-8-2)26-28-40-22-14-16-24-44(40)46)48(50(18-10-4)54-36(6)52)34-47(41)49(17-9-3)53-35(5)51/h1-4,13-16,21-28,33-34,49-50H,11-12,17-20H2,5-6H3/t49-,50-/m1/s1. The van der Waals surface area contributed by atoms with Crippen molar-refractivity contribution >= 4 is 33.5 Å². The average molecular weight is 703 g/mol. The van der Waals surface area contributed by atoms with Crippen molar-refractivity contribution in [2.75, 3.05) is 0 Å². The number of rotatable bonds is 10. The minimum Gasteiger partial charge on any atom is -0.457 e. The molecule has 4 nitrogen and oxygen atoms in total. The van der Waals surface area contributed by atoms with E-state index in [0.717, 1.165) is 43.8 Å². The maximum atomic E-state index is 12.4. The Morgan fingerprint density at radius 1 is 0.556 bits per heavy atom. The lowest BCUT2D eigenvalue weighted by Crippen LogP contribution is -2.14. The van der Waals surface area contributed by atoms with Crippen molar-refractivity contribution in [3.8, 4) is 73.1 Å². The highest BCUT2D eigenvalue weighted by Gasteiger charge is 2.24. The molecule has 0 amide bonds. The summed E-state index contributed by atoms with van der Waals surface area (Å²) < 4.78 is 11.6. The van der Waals surface area contributed by atoms with Gasteiger partial charge in [0.05, 0.1) is 12.8 Å². The topological polar surface area (TPSA) is 52.6 Å². The first-order valence-corrected chi connectivity index (χ1v) is 17.6. The molecular formula is C50H38O4. The Labute approximate surface area is 318 Å². The van der Waals surface area contributed by atoms with E-state index in [9.17, 15) is 9.59 Å². The van der Waals surface area contributed by atoms with Crippen molar-refractivity contribution in [2.45, 2.75) is 64.6 Å². The van der Waals surface area contributed by atoms with E-state index in [1.165, 1.54) is 13.8 Å². The van der Waals surface area contributed by atoms with Crippen LogP contribution < -0.4 is 0 Å². The summed E-state index contributed by atoms with van der Waals surface area (Å²) >= 11 is 0. The maximum absolute atomic E-state index is 12.4.